The summed E-state index contributed by atoms with van der Waals surface area (Å²) in [6.07, 6.45) is 1.96. The molecular weight excluding hydrogens is 234 g/mol. The lowest BCUT2D eigenvalue weighted by atomic mass is 10.4. The van der Waals surface area contributed by atoms with Crippen LogP contribution in [0.3, 0.4) is 0 Å². The van der Waals surface area contributed by atoms with Crippen molar-refractivity contribution in [3.63, 3.8) is 0 Å². The molecule has 0 heterocycles. The van der Waals surface area contributed by atoms with Gasteiger partial charge in [0.15, 0.2) is 0 Å². The zero-order valence-corrected chi connectivity index (χ0v) is 12.4. The van der Waals surface area contributed by atoms with E-state index in [4.69, 9.17) is 13.3 Å². The second kappa shape index (κ2) is 7.59. The maximum atomic E-state index is 5.40. The molecular formula is C9H24ClNO3Si. The Morgan fingerprint density at radius 1 is 1.00 bits per heavy atom. The van der Waals surface area contributed by atoms with Gasteiger partial charge in [-0.05, 0) is 6.42 Å². The van der Waals surface area contributed by atoms with Crippen molar-refractivity contribution in [1.82, 2.24) is 0 Å². The highest BCUT2D eigenvalue weighted by Crippen LogP contribution is 2.12. The zero-order chi connectivity index (χ0) is 11.2. The Kier molecular flexibility index (Phi) is 8.98. The monoisotopic (exact) mass is 257 g/mol. The van der Waals surface area contributed by atoms with Crippen LogP contribution in [0.15, 0.2) is 0 Å². The number of hydrogen-bond donors (Lipinski definition) is 0. The number of halogens is 1. The molecule has 0 aromatic heterocycles. The first-order chi connectivity index (χ1) is 6.45. The van der Waals surface area contributed by atoms with Crippen molar-refractivity contribution in [2.45, 2.75) is 13.3 Å². The first-order valence-electron chi connectivity index (χ1n) is 4.92. The van der Waals surface area contributed by atoms with Crippen LogP contribution in [-0.2, 0) is 13.3 Å². The summed E-state index contributed by atoms with van der Waals surface area (Å²) in [6, 6.07) is 0. The van der Waals surface area contributed by atoms with Crippen molar-refractivity contribution in [2.24, 2.45) is 0 Å². The fraction of sp³-hybridized carbons (Fsp3) is 1.00. The Labute approximate surface area is 101 Å². The van der Waals surface area contributed by atoms with Crippen LogP contribution in [0.5, 0.6) is 0 Å². The van der Waals surface area contributed by atoms with Gasteiger partial charge in [-0.25, -0.2) is 0 Å². The third-order valence-corrected chi connectivity index (χ3v) is 5.49. The second-order valence-electron chi connectivity index (χ2n) is 4.11. The van der Waals surface area contributed by atoms with Crippen LogP contribution in [0.25, 0.3) is 0 Å². The fourth-order valence-corrected chi connectivity index (χ4v) is 3.75. The molecule has 0 aliphatic heterocycles. The average molecular weight is 258 g/mol. The second-order valence-corrected chi connectivity index (χ2v) is 7.02. The Balaban J connectivity index is 0. The SMILES string of the molecule is CCC[N+](C)(C)C[Si](OC)(OC)OC.[Cl-]. The van der Waals surface area contributed by atoms with Gasteiger partial charge in [-0.2, -0.15) is 0 Å². The lowest BCUT2D eigenvalue weighted by molar-refractivity contribution is -0.882. The minimum absolute atomic E-state index is 0. The van der Waals surface area contributed by atoms with Gasteiger partial charge in [0.25, 0.3) is 0 Å². The highest BCUT2D eigenvalue weighted by Gasteiger charge is 2.45. The molecule has 6 heteroatoms. The van der Waals surface area contributed by atoms with Crippen LogP contribution in [-0.4, -0.2) is 61.4 Å². The lowest BCUT2D eigenvalue weighted by Crippen LogP contribution is -3.00. The first-order valence-corrected chi connectivity index (χ1v) is 6.86. The van der Waals surface area contributed by atoms with E-state index in [2.05, 4.69) is 21.0 Å². The van der Waals surface area contributed by atoms with E-state index in [1.165, 1.54) is 0 Å². The lowest BCUT2D eigenvalue weighted by Gasteiger charge is -2.35. The zero-order valence-electron chi connectivity index (χ0n) is 10.7. The molecule has 0 bridgehead atoms. The van der Waals surface area contributed by atoms with E-state index in [1.807, 2.05) is 0 Å². The minimum atomic E-state index is -2.42. The maximum absolute atomic E-state index is 5.40. The van der Waals surface area contributed by atoms with Gasteiger partial charge >= 0.3 is 8.80 Å². The maximum Gasteiger partial charge on any atom is 0.558 e. The van der Waals surface area contributed by atoms with Crippen LogP contribution in [0, 0.1) is 0 Å². The van der Waals surface area contributed by atoms with Crippen molar-refractivity contribution >= 4 is 8.80 Å². The molecule has 0 rings (SSSR count). The van der Waals surface area contributed by atoms with Crippen LogP contribution < -0.4 is 12.4 Å². The van der Waals surface area contributed by atoms with E-state index in [9.17, 15) is 0 Å². The summed E-state index contributed by atoms with van der Waals surface area (Å²) < 4.78 is 17.1. The van der Waals surface area contributed by atoms with Gasteiger partial charge in [0, 0.05) is 21.3 Å². The van der Waals surface area contributed by atoms with E-state index in [1.54, 1.807) is 21.3 Å². The molecule has 0 fully saturated rings. The molecule has 0 spiro atoms. The van der Waals surface area contributed by atoms with E-state index in [0.717, 1.165) is 23.6 Å². The Hall–Kier alpha value is 0.347. The number of rotatable bonds is 7. The molecule has 0 saturated heterocycles. The molecule has 94 valence electrons. The summed E-state index contributed by atoms with van der Waals surface area (Å²) in [5.41, 5.74) is 0. The normalized spacial score (nSPS) is 12.4. The molecule has 0 aliphatic carbocycles. The Morgan fingerprint density at radius 2 is 1.40 bits per heavy atom. The molecule has 0 atom stereocenters. The van der Waals surface area contributed by atoms with Crippen molar-refractivity contribution in [1.29, 1.82) is 0 Å². The molecule has 15 heavy (non-hydrogen) atoms. The first kappa shape index (κ1) is 17.7. The van der Waals surface area contributed by atoms with Crippen molar-refractivity contribution in [3.8, 4) is 0 Å². The number of hydrogen-bond acceptors (Lipinski definition) is 3. The summed E-state index contributed by atoms with van der Waals surface area (Å²) in [4.78, 5) is 0. The third kappa shape index (κ3) is 5.84. The molecule has 0 unspecified atom stereocenters. The van der Waals surface area contributed by atoms with E-state index >= 15 is 0 Å². The summed E-state index contributed by atoms with van der Waals surface area (Å²) >= 11 is 0. The molecule has 0 aromatic rings. The van der Waals surface area contributed by atoms with Gasteiger partial charge in [-0.1, -0.05) is 6.92 Å². The summed E-state index contributed by atoms with van der Waals surface area (Å²) in [6.45, 7) is 3.28. The largest absolute Gasteiger partial charge is 1.00 e. The van der Waals surface area contributed by atoms with Gasteiger partial charge in [0.2, 0.25) is 0 Å². The highest BCUT2D eigenvalue weighted by atomic mass is 35.5. The van der Waals surface area contributed by atoms with E-state index < -0.39 is 8.80 Å². The van der Waals surface area contributed by atoms with Crippen molar-refractivity contribution < 1.29 is 30.2 Å². The highest BCUT2D eigenvalue weighted by molar-refractivity contribution is 6.60. The molecule has 4 nitrogen and oxygen atoms in total. The summed E-state index contributed by atoms with van der Waals surface area (Å²) in [7, 11) is 6.89. The average Bonchev–Trinajstić information content (AvgIpc) is 2.14. The predicted molar refractivity (Wildman–Crippen MR) is 58.9 cm³/mol. The standard InChI is InChI=1S/C9H24NO3Si.ClH/c1-7-8-10(2,3)9-14(11-4,12-5)13-6;/h7-9H2,1-6H3;1H/q+1;/p-1. The molecule has 0 aliphatic rings. The molecule has 0 saturated carbocycles. The van der Waals surface area contributed by atoms with Crippen LogP contribution >= 0.6 is 0 Å². The minimum Gasteiger partial charge on any atom is -1.00 e. The number of nitrogens with zero attached hydrogens (tertiary/aromatic N) is 1. The van der Waals surface area contributed by atoms with Crippen LogP contribution in [0.4, 0.5) is 0 Å². The Bertz CT molecular complexity index is 157. The van der Waals surface area contributed by atoms with E-state index in [0.29, 0.717) is 0 Å². The van der Waals surface area contributed by atoms with Crippen LogP contribution in [0.2, 0.25) is 0 Å². The van der Waals surface area contributed by atoms with Gasteiger partial charge in [-0.3, -0.25) is 0 Å². The summed E-state index contributed by atoms with van der Waals surface area (Å²) in [5, 5.41) is 0. The topological polar surface area (TPSA) is 27.7 Å². The fourth-order valence-electron chi connectivity index (χ4n) is 1.65. The quantitative estimate of drug-likeness (QED) is 0.386. The molecule has 0 N–H and O–H groups in total. The van der Waals surface area contributed by atoms with Gasteiger partial charge in [-0.15, -0.1) is 0 Å². The van der Waals surface area contributed by atoms with Gasteiger partial charge in [0.05, 0.1) is 20.6 Å². The predicted octanol–water partition coefficient (Wildman–Crippen LogP) is -2.11. The van der Waals surface area contributed by atoms with Gasteiger partial charge < -0.3 is 30.2 Å². The van der Waals surface area contributed by atoms with Crippen LogP contribution in [0.1, 0.15) is 13.3 Å². The Morgan fingerprint density at radius 3 is 1.67 bits per heavy atom. The smallest absolute Gasteiger partial charge is 0.558 e. The molecule has 0 aromatic carbocycles. The van der Waals surface area contributed by atoms with Crippen molar-refractivity contribution in [3.05, 3.63) is 0 Å². The summed E-state index contributed by atoms with van der Waals surface area (Å²) in [5.74, 6) is 0. The van der Waals surface area contributed by atoms with Crippen molar-refractivity contribution in [2.75, 3.05) is 48.1 Å². The molecule has 0 amide bonds. The third-order valence-electron chi connectivity index (χ3n) is 2.38. The van der Waals surface area contributed by atoms with Gasteiger partial charge in [0.1, 0.15) is 6.17 Å². The van der Waals surface area contributed by atoms with E-state index in [-0.39, 0.29) is 12.4 Å². The number of quaternary nitrogens is 1. The molecule has 0 radical (unpaired) electrons.